The van der Waals surface area contributed by atoms with Crippen LogP contribution < -0.4 is 9.46 Å². The number of methoxy groups -OCH3 is 1. The summed E-state index contributed by atoms with van der Waals surface area (Å²) in [6.45, 7) is 0.431. The first-order valence-electron chi connectivity index (χ1n) is 10.5. The zero-order chi connectivity index (χ0) is 25.0. The maximum absolute atomic E-state index is 13.0. The minimum atomic E-state index is -3.67. The van der Waals surface area contributed by atoms with Gasteiger partial charge in [0.25, 0.3) is 5.91 Å². The summed E-state index contributed by atoms with van der Waals surface area (Å²) in [5, 5.41) is 0.537. The van der Waals surface area contributed by atoms with E-state index in [1.165, 1.54) is 28.8 Å². The molecule has 1 fully saturated rings. The largest absolute Gasteiger partial charge is 0.496 e. The van der Waals surface area contributed by atoms with E-state index in [0.717, 1.165) is 11.1 Å². The summed E-state index contributed by atoms with van der Waals surface area (Å²) >= 11 is 12.7. The summed E-state index contributed by atoms with van der Waals surface area (Å²) in [7, 11) is -2.12. The van der Waals surface area contributed by atoms with Gasteiger partial charge in [0.1, 0.15) is 10.1 Å². The lowest BCUT2D eigenvalue weighted by Crippen LogP contribution is -2.27. The van der Waals surface area contributed by atoms with Crippen molar-refractivity contribution in [3.8, 4) is 5.75 Å². The molecule has 0 spiro atoms. The molecule has 4 rings (SSSR count). The Kier molecular flexibility index (Phi) is 7.93. The smallest absolute Gasteiger partial charge is 0.266 e. The molecule has 0 unspecified atom stereocenters. The number of nitrogens with zero attached hydrogens (tertiary/aromatic N) is 1. The summed E-state index contributed by atoms with van der Waals surface area (Å²) < 4.78 is 33.6. The molecule has 10 heteroatoms. The van der Waals surface area contributed by atoms with Crippen molar-refractivity contribution in [2.24, 2.45) is 0 Å². The highest BCUT2D eigenvalue weighted by molar-refractivity contribution is 8.26. The Morgan fingerprint density at radius 1 is 1.09 bits per heavy atom. The molecule has 0 aliphatic carbocycles. The van der Waals surface area contributed by atoms with Crippen LogP contribution in [0.1, 0.15) is 16.7 Å². The Hall–Kier alpha value is -2.69. The van der Waals surface area contributed by atoms with E-state index >= 15 is 0 Å². The first kappa shape index (κ1) is 25.4. The molecule has 1 N–H and O–H groups in total. The minimum Gasteiger partial charge on any atom is -0.496 e. The molecule has 0 atom stereocenters. The first-order chi connectivity index (χ1) is 16.8. The van der Waals surface area contributed by atoms with E-state index in [4.69, 9.17) is 28.6 Å². The van der Waals surface area contributed by atoms with Gasteiger partial charge in [0.15, 0.2) is 0 Å². The van der Waals surface area contributed by atoms with Gasteiger partial charge in [-0.05, 0) is 47.5 Å². The normalized spacial score (nSPS) is 15.1. The molecule has 0 aromatic heterocycles. The number of hydrogen-bond donors (Lipinski definition) is 1. The quantitative estimate of drug-likeness (QED) is 0.309. The van der Waals surface area contributed by atoms with Crippen LogP contribution in [0.25, 0.3) is 6.08 Å². The Bertz CT molecular complexity index is 1390. The molecule has 6 nitrogen and oxygen atoms in total. The zero-order valence-corrected chi connectivity index (χ0v) is 21.8. The number of thioether (sulfide) groups is 1. The van der Waals surface area contributed by atoms with Crippen LogP contribution >= 0.6 is 35.6 Å². The highest BCUT2D eigenvalue weighted by atomic mass is 35.5. The molecule has 1 aliphatic rings. The van der Waals surface area contributed by atoms with E-state index in [1.807, 2.05) is 30.3 Å². The molecule has 0 radical (unpaired) electrons. The van der Waals surface area contributed by atoms with E-state index in [0.29, 0.717) is 25.6 Å². The average Bonchev–Trinajstić information content (AvgIpc) is 3.11. The summed E-state index contributed by atoms with van der Waals surface area (Å²) in [6, 6.07) is 20.8. The Morgan fingerprint density at radius 2 is 1.80 bits per heavy atom. The number of carbonyl (C=O) groups is 1. The van der Waals surface area contributed by atoms with Gasteiger partial charge in [-0.2, -0.15) is 0 Å². The van der Waals surface area contributed by atoms with Gasteiger partial charge in [0.2, 0.25) is 10.0 Å². The van der Waals surface area contributed by atoms with Crippen molar-refractivity contribution >= 4 is 61.9 Å². The molecule has 180 valence electrons. The molecule has 1 amide bonds. The predicted molar refractivity (Wildman–Crippen MR) is 144 cm³/mol. The van der Waals surface area contributed by atoms with Crippen LogP contribution in [0, 0.1) is 0 Å². The summed E-state index contributed by atoms with van der Waals surface area (Å²) in [5.41, 5.74) is 2.30. The lowest BCUT2D eigenvalue weighted by molar-refractivity contribution is -0.122. The van der Waals surface area contributed by atoms with Crippen LogP contribution in [-0.4, -0.2) is 30.7 Å². The highest BCUT2D eigenvalue weighted by Gasteiger charge is 2.32. The van der Waals surface area contributed by atoms with E-state index in [-0.39, 0.29) is 23.9 Å². The lowest BCUT2D eigenvalue weighted by Gasteiger charge is -2.17. The number of halogens is 1. The van der Waals surface area contributed by atoms with Crippen molar-refractivity contribution < 1.29 is 17.9 Å². The summed E-state index contributed by atoms with van der Waals surface area (Å²) in [5.74, 6) is 0.383. The first-order valence-corrected chi connectivity index (χ1v) is 13.6. The number of ether oxygens (including phenoxy) is 1. The van der Waals surface area contributed by atoms with E-state index in [9.17, 15) is 13.2 Å². The number of thiocarbonyl (C=S) groups is 1. The number of carbonyl (C=O) groups excluding carboxylic acids is 1. The number of nitrogens with one attached hydrogen (secondary N) is 1. The molecule has 1 heterocycles. The second-order valence-corrected chi connectivity index (χ2v) is 11.5. The number of hydrogen-bond acceptors (Lipinski definition) is 6. The van der Waals surface area contributed by atoms with Gasteiger partial charge in [0, 0.05) is 17.1 Å². The zero-order valence-electron chi connectivity index (χ0n) is 18.6. The third kappa shape index (κ3) is 6.12. The molecule has 0 saturated carbocycles. The topological polar surface area (TPSA) is 75.7 Å². The lowest BCUT2D eigenvalue weighted by atomic mass is 10.2. The van der Waals surface area contributed by atoms with Crippen LogP contribution in [0.4, 0.5) is 0 Å². The monoisotopic (exact) mass is 544 g/mol. The number of benzene rings is 3. The standard InChI is InChI=1S/C25H21ClN2O4S3/c1-32-22-12-9-20(26)14-19(22)16-28-24(29)23(34-25(28)33)13-17-7-10-21(11-8-17)35(30,31)27-15-18-5-3-2-4-6-18/h2-14,27H,15-16H2,1H3/b23-13-. The van der Waals surface area contributed by atoms with Crippen molar-refractivity contribution in [1.29, 1.82) is 0 Å². The fourth-order valence-corrected chi connectivity index (χ4v) is 5.90. The van der Waals surface area contributed by atoms with Crippen molar-refractivity contribution in [1.82, 2.24) is 9.62 Å². The van der Waals surface area contributed by atoms with Crippen molar-refractivity contribution in [2.75, 3.05) is 7.11 Å². The fraction of sp³-hybridized carbons (Fsp3) is 0.120. The fourth-order valence-electron chi connectivity index (χ4n) is 3.43. The molecule has 3 aromatic rings. The molecule has 35 heavy (non-hydrogen) atoms. The van der Waals surface area contributed by atoms with E-state index in [2.05, 4.69) is 4.72 Å². The van der Waals surface area contributed by atoms with Gasteiger partial charge in [-0.3, -0.25) is 9.69 Å². The average molecular weight is 545 g/mol. The molecule has 1 aliphatic heterocycles. The highest BCUT2D eigenvalue weighted by Crippen LogP contribution is 2.35. The maximum Gasteiger partial charge on any atom is 0.266 e. The third-order valence-corrected chi connectivity index (χ3v) is 8.27. The molecule has 0 bridgehead atoms. The Morgan fingerprint density at radius 3 is 2.49 bits per heavy atom. The molecule has 3 aromatic carbocycles. The van der Waals surface area contributed by atoms with Gasteiger partial charge in [-0.15, -0.1) is 0 Å². The van der Waals surface area contributed by atoms with Gasteiger partial charge in [-0.25, -0.2) is 13.1 Å². The van der Waals surface area contributed by atoms with Gasteiger partial charge >= 0.3 is 0 Å². The SMILES string of the molecule is COc1ccc(Cl)cc1CN1C(=O)/C(=C/c2ccc(S(=O)(=O)NCc3ccccc3)cc2)SC1=S. The Labute approximate surface area is 219 Å². The van der Waals surface area contributed by atoms with Crippen molar-refractivity contribution in [3.63, 3.8) is 0 Å². The summed E-state index contributed by atoms with van der Waals surface area (Å²) in [6.07, 6.45) is 1.70. The van der Waals surface area contributed by atoms with Crippen LogP contribution in [0.15, 0.2) is 82.6 Å². The number of rotatable bonds is 8. The van der Waals surface area contributed by atoms with Crippen LogP contribution in [0.3, 0.4) is 0 Å². The second-order valence-electron chi connectivity index (χ2n) is 7.60. The van der Waals surface area contributed by atoms with Crippen molar-refractivity contribution in [2.45, 2.75) is 18.0 Å². The van der Waals surface area contributed by atoms with Crippen LogP contribution in [0.5, 0.6) is 5.75 Å². The minimum absolute atomic E-state index is 0.145. The van der Waals surface area contributed by atoms with Crippen molar-refractivity contribution in [3.05, 3.63) is 99.4 Å². The summed E-state index contributed by atoms with van der Waals surface area (Å²) in [4.78, 5) is 15.1. The predicted octanol–water partition coefficient (Wildman–Crippen LogP) is 5.23. The van der Waals surface area contributed by atoms with Gasteiger partial charge in [0.05, 0.1) is 23.5 Å². The van der Waals surface area contributed by atoms with Crippen LogP contribution in [0.2, 0.25) is 5.02 Å². The molecule has 1 saturated heterocycles. The molecular weight excluding hydrogens is 524 g/mol. The second kappa shape index (κ2) is 10.9. The number of amides is 1. The molecular formula is C25H21ClN2O4S3. The Balaban J connectivity index is 1.46. The van der Waals surface area contributed by atoms with Crippen LogP contribution in [-0.2, 0) is 27.9 Å². The van der Waals surface area contributed by atoms with E-state index < -0.39 is 10.0 Å². The van der Waals surface area contributed by atoms with E-state index in [1.54, 1.807) is 43.5 Å². The maximum atomic E-state index is 13.0. The third-order valence-electron chi connectivity index (χ3n) is 5.24. The van der Waals surface area contributed by atoms with Gasteiger partial charge < -0.3 is 4.74 Å². The number of sulfonamides is 1. The van der Waals surface area contributed by atoms with Gasteiger partial charge in [-0.1, -0.05) is 78.0 Å².